The molecule has 0 fully saturated rings. The molecule has 3 aromatic carbocycles. The average Bonchev–Trinajstić information content (AvgIpc) is 2.86. The number of aromatic nitrogens is 1. The molecule has 4 rings (SSSR count). The number of benzene rings is 3. The van der Waals surface area contributed by atoms with Crippen LogP contribution in [0.1, 0.15) is 30.5 Å². The van der Waals surface area contributed by atoms with E-state index in [1.807, 2.05) is 66.7 Å². The number of nitrogens with zero attached hydrogens (tertiary/aromatic N) is 1. The largest absolute Gasteiger partial charge is 0.672 e. The van der Waals surface area contributed by atoms with Crippen molar-refractivity contribution in [1.82, 2.24) is 4.98 Å². The number of pyridine rings is 1. The topological polar surface area (TPSA) is 36.7 Å². The van der Waals surface area contributed by atoms with Crippen LogP contribution in [0.3, 0.4) is 0 Å². The van der Waals surface area contributed by atoms with E-state index in [0.717, 1.165) is 23.0 Å². The molecule has 0 aliphatic heterocycles. The first kappa shape index (κ1) is 29.7. The molecule has 33 heavy (non-hydrogen) atoms. The van der Waals surface area contributed by atoms with Crippen molar-refractivity contribution in [2.24, 2.45) is 0 Å². The van der Waals surface area contributed by atoms with Crippen LogP contribution in [0, 0.1) is 6.92 Å². The summed E-state index contributed by atoms with van der Waals surface area (Å²) in [7, 11) is 12.3. The van der Waals surface area contributed by atoms with Gasteiger partial charge in [0.15, 0.2) is 0 Å². The molecule has 0 aliphatic carbocycles. The normalized spacial score (nSPS) is 9.48. The van der Waals surface area contributed by atoms with Gasteiger partial charge < -0.3 is 12.7 Å². The van der Waals surface area contributed by atoms with E-state index in [-0.39, 0.29) is 21.7 Å². The molecule has 0 saturated heterocycles. The van der Waals surface area contributed by atoms with Crippen LogP contribution in [-0.4, -0.2) is 4.98 Å². The van der Waals surface area contributed by atoms with Gasteiger partial charge in [0, 0.05) is 11.1 Å². The number of hydrogen-bond donors (Lipinski definition) is 0. The smallest absolute Gasteiger partial charge is 0.0704 e. The number of para-hydroxylation sites is 1. The molecule has 0 radical (unpaired) electrons. The molecule has 1 aromatic heterocycles. The van der Waals surface area contributed by atoms with Gasteiger partial charge in [-0.25, -0.2) is 0 Å². The van der Waals surface area contributed by atoms with Crippen LogP contribution in [0.5, 0.6) is 0 Å². The van der Waals surface area contributed by atoms with E-state index in [0.29, 0.717) is 0 Å². The maximum atomic E-state index is 7.16. The summed E-state index contributed by atoms with van der Waals surface area (Å²) in [6.07, 6.45) is 4.78. The summed E-state index contributed by atoms with van der Waals surface area (Å²) in [5.41, 5.74) is 10.4. The fraction of sp³-hybridized carbons (Fsp3) is 0.185. The average molecular weight is 587 g/mol. The first-order chi connectivity index (χ1) is 16.1. The van der Waals surface area contributed by atoms with Crippen LogP contribution in [0.4, 0.5) is 0 Å². The fourth-order valence-corrected chi connectivity index (χ4v) is 3.03. The Morgan fingerprint density at radius 3 is 1.91 bits per heavy atom. The predicted molar refractivity (Wildman–Crippen MR) is 147 cm³/mol. The van der Waals surface area contributed by atoms with Gasteiger partial charge in [-0.2, -0.15) is 6.42 Å². The number of aryl methyl sites for hydroxylation is 1. The molecule has 0 bridgehead atoms. The first-order valence-electron chi connectivity index (χ1n) is 10.6. The summed E-state index contributed by atoms with van der Waals surface area (Å²) in [6.45, 7) is 4.07. The zero-order valence-corrected chi connectivity index (χ0v) is 23.0. The SMILES string of the molecule is Pc1ccccc1.[CH2-]CCCCc1ccccc1.[Cl][Ru+2][Cl].[NH-]Cc1ccc2ccccc2n1. The number of fused-ring (bicyclic) bond motifs is 1. The third kappa shape index (κ3) is 14.5. The van der Waals surface area contributed by atoms with Crippen LogP contribution in [0.25, 0.3) is 16.6 Å². The summed E-state index contributed by atoms with van der Waals surface area (Å²) in [4.78, 5) is 4.31. The number of rotatable bonds is 5. The van der Waals surface area contributed by atoms with Crippen molar-refractivity contribution >= 4 is 44.8 Å². The van der Waals surface area contributed by atoms with E-state index < -0.39 is 0 Å². The van der Waals surface area contributed by atoms with Gasteiger partial charge in [0.2, 0.25) is 0 Å². The molecule has 0 aliphatic rings. The molecule has 1 N–H and O–H groups in total. The molecule has 1 heterocycles. The van der Waals surface area contributed by atoms with Crippen molar-refractivity contribution in [2.45, 2.75) is 32.2 Å². The summed E-state index contributed by atoms with van der Waals surface area (Å²) in [5.74, 6) is 0. The summed E-state index contributed by atoms with van der Waals surface area (Å²) in [5, 5.41) is 2.37. The second kappa shape index (κ2) is 20.1. The minimum atomic E-state index is -0.346. The van der Waals surface area contributed by atoms with E-state index in [9.17, 15) is 0 Å². The second-order valence-corrected chi connectivity index (χ2v) is 10.2. The van der Waals surface area contributed by atoms with Crippen molar-refractivity contribution < 1.29 is 15.1 Å². The number of nitrogens with one attached hydrogen (secondary N) is 1. The van der Waals surface area contributed by atoms with Crippen LogP contribution < -0.4 is 5.30 Å². The Balaban J connectivity index is 0.000000240. The fourth-order valence-electron chi connectivity index (χ4n) is 2.81. The Labute approximate surface area is 217 Å². The third-order valence-electron chi connectivity index (χ3n) is 4.45. The predicted octanol–water partition coefficient (Wildman–Crippen LogP) is 8.58. The van der Waals surface area contributed by atoms with E-state index in [4.69, 9.17) is 25.1 Å². The van der Waals surface area contributed by atoms with Crippen molar-refractivity contribution in [3.8, 4) is 0 Å². The van der Waals surface area contributed by atoms with E-state index in [2.05, 4.69) is 51.5 Å². The summed E-state index contributed by atoms with van der Waals surface area (Å²) < 4.78 is 0. The summed E-state index contributed by atoms with van der Waals surface area (Å²) in [6, 6.07) is 32.6. The Hall–Kier alpha value is -1.34. The number of hydrogen-bond acceptors (Lipinski definition) is 1. The van der Waals surface area contributed by atoms with E-state index in [1.54, 1.807) is 0 Å². The molecule has 0 amide bonds. The van der Waals surface area contributed by atoms with Gasteiger partial charge in [-0.05, 0) is 29.4 Å². The molecular formula is C27H31Cl2N2PRu. The van der Waals surface area contributed by atoms with Gasteiger partial charge in [0.05, 0.1) is 5.52 Å². The third-order valence-corrected chi connectivity index (χ3v) is 4.83. The number of unbranched alkanes of at least 4 members (excludes halogenated alkanes) is 2. The molecule has 0 saturated carbocycles. The van der Waals surface area contributed by atoms with Gasteiger partial charge in [0.25, 0.3) is 0 Å². The van der Waals surface area contributed by atoms with Gasteiger partial charge in [-0.1, -0.05) is 97.8 Å². The van der Waals surface area contributed by atoms with E-state index in [1.165, 1.54) is 30.1 Å². The van der Waals surface area contributed by atoms with E-state index >= 15 is 0 Å². The molecule has 176 valence electrons. The minimum absolute atomic E-state index is 0.255. The van der Waals surface area contributed by atoms with Crippen molar-refractivity contribution in [1.29, 1.82) is 0 Å². The maximum Gasteiger partial charge on any atom is 0.0704 e. The van der Waals surface area contributed by atoms with Crippen LogP contribution in [-0.2, 0) is 28.1 Å². The van der Waals surface area contributed by atoms with Gasteiger partial charge in [0.1, 0.15) is 0 Å². The molecule has 0 spiro atoms. The van der Waals surface area contributed by atoms with Crippen LogP contribution in [0.2, 0.25) is 0 Å². The van der Waals surface area contributed by atoms with Gasteiger partial charge >= 0.3 is 34.5 Å². The minimum Gasteiger partial charge on any atom is -0.672 e. The zero-order chi connectivity index (χ0) is 24.2. The second-order valence-electron chi connectivity index (χ2n) is 6.93. The van der Waals surface area contributed by atoms with Crippen molar-refractivity contribution in [3.63, 3.8) is 0 Å². The summed E-state index contributed by atoms with van der Waals surface area (Å²) >= 11 is -0.346. The Kier molecular flexibility index (Phi) is 18.1. The monoisotopic (exact) mass is 586 g/mol. The molecule has 4 aromatic rings. The quantitative estimate of drug-likeness (QED) is 0.0999. The van der Waals surface area contributed by atoms with Crippen molar-refractivity contribution in [2.75, 3.05) is 0 Å². The van der Waals surface area contributed by atoms with Crippen molar-refractivity contribution in [3.05, 3.63) is 121 Å². The molecule has 1 unspecified atom stereocenters. The molecule has 1 atom stereocenters. The van der Waals surface area contributed by atoms with Gasteiger partial charge in [-0.3, -0.25) is 4.98 Å². The Bertz CT molecular complexity index is 989. The standard InChI is InChI=1S/C11H15.C10H9N2.C6H7P.2ClH.Ru/c1-2-3-5-8-11-9-6-4-7-10-11;11-7-9-6-5-8-3-1-2-4-10(8)12-9;7-6-4-2-1-3-5-6;;;/h4,6-7,9-10H,1-3,5,8H2;1-6,11H,7H2;1-5H,7H2;2*1H;/q2*-1;;;;+4/p-2. The molecule has 2 nitrogen and oxygen atoms in total. The Morgan fingerprint density at radius 1 is 0.788 bits per heavy atom. The first-order valence-corrected chi connectivity index (χ1v) is 15.7. The zero-order valence-electron chi connectivity index (χ0n) is 18.6. The molecular weight excluding hydrogens is 555 g/mol. The molecule has 6 heteroatoms. The van der Waals surface area contributed by atoms with Gasteiger partial charge in [-0.15, -0.1) is 15.8 Å². The van der Waals surface area contributed by atoms with Crippen LogP contribution in [0.15, 0.2) is 97.1 Å². The number of halogens is 2. The maximum absolute atomic E-state index is 7.16. The van der Waals surface area contributed by atoms with Crippen LogP contribution >= 0.6 is 28.6 Å². The Morgan fingerprint density at radius 2 is 1.36 bits per heavy atom.